The van der Waals surface area contributed by atoms with Gasteiger partial charge in [-0.15, -0.1) is 11.8 Å². The Morgan fingerprint density at radius 2 is 2.24 bits per heavy atom. The van der Waals surface area contributed by atoms with Gasteiger partial charge in [0.2, 0.25) is 0 Å². The molecule has 5 heterocycles. The fraction of sp³-hybridized carbons (Fsp3) is 0.333. The molecule has 4 aliphatic rings. The summed E-state index contributed by atoms with van der Waals surface area (Å²) in [7, 11) is 0. The molecule has 1 unspecified atom stereocenters. The molecule has 1 aromatic rings. The lowest BCUT2D eigenvalue weighted by atomic mass is 9.97. The first-order valence-corrected chi connectivity index (χ1v) is 8.94. The number of carbonyl (C=O) groups excluding carboxylic acids is 1. The molecule has 0 bridgehead atoms. The minimum atomic E-state index is 0.153. The summed E-state index contributed by atoms with van der Waals surface area (Å²) in [5.74, 6) is 0.511. The van der Waals surface area contributed by atoms with Crippen LogP contribution in [-0.2, 0) is 6.54 Å². The van der Waals surface area contributed by atoms with Gasteiger partial charge >= 0.3 is 6.03 Å². The van der Waals surface area contributed by atoms with Gasteiger partial charge in [0.15, 0.2) is 12.7 Å². The number of aromatic nitrogens is 1. The number of amides is 2. The van der Waals surface area contributed by atoms with E-state index in [9.17, 15) is 4.79 Å². The van der Waals surface area contributed by atoms with Crippen molar-refractivity contribution in [2.24, 2.45) is 5.92 Å². The van der Waals surface area contributed by atoms with Gasteiger partial charge in [-0.2, -0.15) is 4.57 Å². The van der Waals surface area contributed by atoms with Gasteiger partial charge < -0.3 is 0 Å². The number of fused-ring (bicyclic) bond motifs is 5. The molecule has 0 fully saturated rings. The van der Waals surface area contributed by atoms with Crippen molar-refractivity contribution in [3.05, 3.63) is 44.7 Å². The molecule has 4 nitrogen and oxygen atoms in total. The van der Waals surface area contributed by atoms with Crippen molar-refractivity contribution < 1.29 is 9.36 Å². The quantitative estimate of drug-likeness (QED) is 0.688. The van der Waals surface area contributed by atoms with Crippen LogP contribution >= 0.6 is 23.1 Å². The fourth-order valence-electron chi connectivity index (χ4n) is 3.47. The van der Waals surface area contributed by atoms with E-state index in [-0.39, 0.29) is 6.03 Å². The fourth-order valence-corrected chi connectivity index (χ4v) is 5.46. The lowest BCUT2D eigenvalue weighted by Gasteiger charge is -2.40. The van der Waals surface area contributed by atoms with Gasteiger partial charge in [0.05, 0.1) is 17.6 Å². The summed E-state index contributed by atoms with van der Waals surface area (Å²) in [5, 5.41) is 5.46. The lowest BCUT2D eigenvalue weighted by Crippen LogP contribution is -2.55. The molecule has 0 N–H and O–H groups in total. The first-order chi connectivity index (χ1) is 10.3. The minimum absolute atomic E-state index is 0.153. The molecular formula is C15H14N3OS2+. The molecule has 0 aliphatic carbocycles. The Hall–Kier alpha value is -1.53. The number of carbonyl (C=O) groups is 1. The van der Waals surface area contributed by atoms with E-state index < -0.39 is 0 Å². The molecule has 0 saturated heterocycles. The Morgan fingerprint density at radius 3 is 3.19 bits per heavy atom. The SMILES string of the molecule is O=C1N2CC[n+]3ccsc3C2=CC2=C3SC=CC3CCN12. The maximum absolute atomic E-state index is 12.9. The first-order valence-electron chi connectivity index (χ1n) is 7.18. The second-order valence-corrected chi connectivity index (χ2v) is 7.45. The van der Waals surface area contributed by atoms with Crippen LogP contribution in [0, 0.1) is 5.92 Å². The number of allylic oxidation sites excluding steroid dienone is 3. The molecule has 2 amide bonds. The van der Waals surface area contributed by atoms with Crippen molar-refractivity contribution in [3.63, 3.8) is 0 Å². The summed E-state index contributed by atoms with van der Waals surface area (Å²) in [4.78, 5) is 18.1. The molecule has 0 spiro atoms. The Kier molecular flexibility index (Phi) is 2.43. The predicted octanol–water partition coefficient (Wildman–Crippen LogP) is 2.62. The van der Waals surface area contributed by atoms with Gasteiger partial charge in [0.1, 0.15) is 5.70 Å². The molecule has 4 aliphatic heterocycles. The molecule has 0 aromatic carbocycles. The van der Waals surface area contributed by atoms with Gasteiger partial charge in [-0.05, 0) is 17.9 Å². The van der Waals surface area contributed by atoms with Crippen LogP contribution in [0.2, 0.25) is 0 Å². The van der Waals surface area contributed by atoms with Gasteiger partial charge in [-0.25, -0.2) is 4.79 Å². The Morgan fingerprint density at radius 1 is 1.29 bits per heavy atom. The standard InChI is InChI=1S/C15H14N3OS2/c19-15-17-3-1-10-2-7-20-13(10)11(17)9-12-14-16(6-8-21-14)4-5-18(12)15/h2,6-10H,1,3-5H2/q+1. The van der Waals surface area contributed by atoms with Gasteiger partial charge in [0.25, 0.3) is 5.01 Å². The van der Waals surface area contributed by atoms with E-state index in [0.29, 0.717) is 5.92 Å². The topological polar surface area (TPSA) is 27.4 Å². The van der Waals surface area contributed by atoms with Crippen molar-refractivity contribution in [1.29, 1.82) is 0 Å². The number of thiazole rings is 1. The highest BCUT2D eigenvalue weighted by Crippen LogP contribution is 2.45. The normalized spacial score (nSPS) is 26.4. The Bertz CT molecular complexity index is 746. The number of thioether (sulfide) groups is 1. The monoisotopic (exact) mass is 316 g/mol. The number of urea groups is 1. The Balaban J connectivity index is 1.72. The van der Waals surface area contributed by atoms with E-state index in [1.54, 1.807) is 23.1 Å². The highest BCUT2D eigenvalue weighted by Gasteiger charge is 2.42. The van der Waals surface area contributed by atoms with Crippen molar-refractivity contribution >= 4 is 34.8 Å². The van der Waals surface area contributed by atoms with Gasteiger partial charge in [-0.1, -0.05) is 17.4 Å². The van der Waals surface area contributed by atoms with Crippen LogP contribution in [0.3, 0.4) is 0 Å². The molecule has 0 radical (unpaired) electrons. The molecular weight excluding hydrogens is 302 g/mol. The summed E-state index contributed by atoms with van der Waals surface area (Å²) >= 11 is 3.49. The zero-order valence-corrected chi connectivity index (χ0v) is 13.0. The van der Waals surface area contributed by atoms with Crippen molar-refractivity contribution in [2.75, 3.05) is 13.1 Å². The number of nitrogens with zero attached hydrogens (tertiary/aromatic N) is 3. The van der Waals surface area contributed by atoms with Crippen LogP contribution in [0.4, 0.5) is 4.79 Å². The highest BCUT2D eigenvalue weighted by molar-refractivity contribution is 8.06. The molecule has 0 saturated carbocycles. The third-order valence-electron chi connectivity index (χ3n) is 4.54. The van der Waals surface area contributed by atoms with E-state index >= 15 is 0 Å². The van der Waals surface area contributed by atoms with Crippen LogP contribution < -0.4 is 4.57 Å². The Labute approximate surface area is 131 Å². The molecule has 1 atom stereocenters. The van der Waals surface area contributed by atoms with Crippen LogP contribution in [0.5, 0.6) is 0 Å². The largest absolute Gasteiger partial charge is 0.329 e. The summed E-state index contributed by atoms with van der Waals surface area (Å²) in [5.41, 5.74) is 2.20. The molecule has 1 aromatic heterocycles. The first kappa shape index (κ1) is 12.1. The number of hydrogen-bond acceptors (Lipinski definition) is 3. The van der Waals surface area contributed by atoms with E-state index in [1.165, 1.54) is 9.91 Å². The zero-order chi connectivity index (χ0) is 14.0. The van der Waals surface area contributed by atoms with Crippen molar-refractivity contribution in [2.45, 2.75) is 13.0 Å². The second kappa shape index (κ2) is 4.24. The summed E-state index contributed by atoms with van der Waals surface area (Å²) < 4.78 is 2.25. The number of rotatable bonds is 0. The summed E-state index contributed by atoms with van der Waals surface area (Å²) in [6.45, 7) is 2.49. The third-order valence-corrected chi connectivity index (χ3v) is 6.52. The van der Waals surface area contributed by atoms with Gasteiger partial charge in [0, 0.05) is 17.4 Å². The molecule has 6 heteroatoms. The van der Waals surface area contributed by atoms with E-state index in [2.05, 4.69) is 33.7 Å². The average Bonchev–Trinajstić information content (AvgIpc) is 3.16. The summed E-state index contributed by atoms with van der Waals surface area (Å²) in [6, 6.07) is 0.153. The zero-order valence-electron chi connectivity index (χ0n) is 11.4. The van der Waals surface area contributed by atoms with Crippen molar-refractivity contribution in [3.8, 4) is 0 Å². The maximum Gasteiger partial charge on any atom is 0.329 e. The van der Waals surface area contributed by atoms with Crippen LogP contribution in [0.25, 0.3) is 5.70 Å². The minimum Gasteiger partial charge on any atom is -0.293 e. The smallest absolute Gasteiger partial charge is 0.293 e. The third kappa shape index (κ3) is 1.57. The van der Waals surface area contributed by atoms with Crippen LogP contribution in [0.15, 0.2) is 39.7 Å². The van der Waals surface area contributed by atoms with Crippen molar-refractivity contribution in [1.82, 2.24) is 9.80 Å². The predicted molar refractivity (Wildman–Crippen MR) is 83.2 cm³/mol. The van der Waals surface area contributed by atoms with E-state index in [4.69, 9.17) is 0 Å². The van der Waals surface area contributed by atoms with Crippen LogP contribution in [-0.4, -0.2) is 28.9 Å². The van der Waals surface area contributed by atoms with Crippen LogP contribution in [0.1, 0.15) is 11.4 Å². The average molecular weight is 316 g/mol. The lowest BCUT2D eigenvalue weighted by molar-refractivity contribution is -0.697. The van der Waals surface area contributed by atoms with E-state index in [1.807, 2.05) is 9.80 Å². The van der Waals surface area contributed by atoms with E-state index in [0.717, 1.165) is 37.4 Å². The summed E-state index contributed by atoms with van der Waals surface area (Å²) in [6.07, 6.45) is 7.66. The molecule has 5 rings (SSSR count). The number of hydrogen-bond donors (Lipinski definition) is 0. The highest BCUT2D eigenvalue weighted by atomic mass is 32.2. The molecule has 106 valence electrons. The molecule has 21 heavy (non-hydrogen) atoms. The van der Waals surface area contributed by atoms with Gasteiger partial charge in [-0.3, -0.25) is 9.80 Å². The maximum atomic E-state index is 12.9. The second-order valence-electron chi connectivity index (χ2n) is 5.61.